The lowest BCUT2D eigenvalue weighted by Gasteiger charge is -2.35. The Hall–Kier alpha value is -1.83. The number of hydrogen-bond acceptors (Lipinski definition) is 5. The molecule has 26 heavy (non-hydrogen) atoms. The lowest BCUT2D eigenvalue weighted by atomic mass is 9.79. The number of halogens is 1. The van der Waals surface area contributed by atoms with Crippen molar-refractivity contribution in [1.29, 1.82) is 0 Å². The van der Waals surface area contributed by atoms with Crippen molar-refractivity contribution >= 4 is 29.9 Å². The van der Waals surface area contributed by atoms with Gasteiger partial charge in [0.05, 0.1) is 18.2 Å². The first kappa shape index (κ1) is 20.5. The van der Waals surface area contributed by atoms with E-state index in [2.05, 4.69) is 5.32 Å². The van der Waals surface area contributed by atoms with Crippen molar-refractivity contribution in [2.75, 3.05) is 38.3 Å². The molecule has 1 aromatic carbocycles. The van der Waals surface area contributed by atoms with Crippen LogP contribution >= 0.6 is 12.4 Å². The van der Waals surface area contributed by atoms with Gasteiger partial charge in [-0.1, -0.05) is 12.1 Å². The smallest absolute Gasteiger partial charge is 0.249 e. The molecule has 2 aliphatic heterocycles. The fraction of sp³-hybridized carbons (Fsp3) is 0.556. The van der Waals surface area contributed by atoms with Gasteiger partial charge in [-0.15, -0.1) is 12.4 Å². The average molecular weight is 384 g/mol. The molecule has 0 radical (unpaired) electrons. The number of methoxy groups -OCH3 is 1. The summed E-state index contributed by atoms with van der Waals surface area (Å²) in [6.45, 7) is 1.86. The molecule has 3 rings (SSSR count). The molecule has 7 nitrogen and oxygen atoms in total. The van der Waals surface area contributed by atoms with E-state index in [-0.39, 0.29) is 30.8 Å². The Bertz CT molecular complexity index is 649. The molecule has 2 saturated heterocycles. The number of ether oxygens (including phenoxy) is 2. The fourth-order valence-corrected chi connectivity index (χ4v) is 3.50. The number of hydrogen-bond donors (Lipinski definition) is 2. The van der Waals surface area contributed by atoms with Gasteiger partial charge in [0.25, 0.3) is 0 Å². The van der Waals surface area contributed by atoms with Crippen molar-refractivity contribution in [3.8, 4) is 5.75 Å². The predicted octanol–water partition coefficient (Wildman–Crippen LogP) is 1.09. The lowest BCUT2D eigenvalue weighted by Crippen LogP contribution is -2.53. The molecule has 0 aromatic heterocycles. The monoisotopic (exact) mass is 383 g/mol. The van der Waals surface area contributed by atoms with Crippen LogP contribution in [0.25, 0.3) is 0 Å². The Morgan fingerprint density at radius 2 is 2.08 bits per heavy atom. The van der Waals surface area contributed by atoms with E-state index in [4.69, 9.17) is 15.2 Å². The molecule has 0 spiro atoms. The number of nitrogens with zero attached hydrogens (tertiary/aromatic N) is 1. The number of amides is 2. The van der Waals surface area contributed by atoms with Crippen LogP contribution in [0.1, 0.15) is 19.3 Å². The van der Waals surface area contributed by atoms with E-state index >= 15 is 0 Å². The molecule has 3 N–H and O–H groups in total. The van der Waals surface area contributed by atoms with Crippen molar-refractivity contribution < 1.29 is 19.1 Å². The Morgan fingerprint density at radius 3 is 2.73 bits per heavy atom. The van der Waals surface area contributed by atoms with Gasteiger partial charge in [0.1, 0.15) is 11.8 Å². The third-order valence-electron chi connectivity index (χ3n) is 5.21. The van der Waals surface area contributed by atoms with Crippen molar-refractivity contribution in [3.63, 3.8) is 0 Å². The molecule has 2 amide bonds. The van der Waals surface area contributed by atoms with Crippen LogP contribution in [0.2, 0.25) is 0 Å². The van der Waals surface area contributed by atoms with E-state index in [9.17, 15) is 9.59 Å². The van der Waals surface area contributed by atoms with Crippen LogP contribution in [0, 0.1) is 5.41 Å². The van der Waals surface area contributed by atoms with Crippen LogP contribution in [0.4, 0.5) is 5.69 Å². The molecule has 1 aromatic rings. The maximum atomic E-state index is 12.8. The van der Waals surface area contributed by atoms with Crippen LogP contribution in [-0.4, -0.2) is 51.3 Å². The zero-order valence-corrected chi connectivity index (χ0v) is 15.7. The molecular weight excluding hydrogens is 358 g/mol. The van der Waals surface area contributed by atoms with Crippen LogP contribution in [0.5, 0.6) is 5.75 Å². The number of nitrogens with two attached hydrogens (primary N) is 1. The van der Waals surface area contributed by atoms with Crippen molar-refractivity contribution in [2.45, 2.75) is 25.3 Å². The topological polar surface area (TPSA) is 93.9 Å². The summed E-state index contributed by atoms with van der Waals surface area (Å²) in [4.78, 5) is 27.2. The van der Waals surface area contributed by atoms with Gasteiger partial charge >= 0.3 is 0 Å². The van der Waals surface area contributed by atoms with E-state index in [1.165, 1.54) is 0 Å². The third kappa shape index (κ3) is 3.79. The van der Waals surface area contributed by atoms with E-state index in [0.29, 0.717) is 44.8 Å². The minimum atomic E-state index is -0.629. The Balaban J connectivity index is 0.00000243. The lowest BCUT2D eigenvalue weighted by molar-refractivity contribution is -0.138. The van der Waals surface area contributed by atoms with Crippen LogP contribution in [0.3, 0.4) is 0 Å². The van der Waals surface area contributed by atoms with Gasteiger partial charge in [0, 0.05) is 26.3 Å². The van der Waals surface area contributed by atoms with E-state index in [1.807, 2.05) is 24.3 Å². The van der Waals surface area contributed by atoms with Gasteiger partial charge in [-0.25, -0.2) is 0 Å². The van der Waals surface area contributed by atoms with Crippen LogP contribution in [0.15, 0.2) is 24.3 Å². The normalized spacial score (nSPS) is 21.8. The second-order valence-corrected chi connectivity index (χ2v) is 6.57. The highest BCUT2D eigenvalue weighted by atomic mass is 35.5. The number of carbonyl (C=O) groups excluding carboxylic acids is 2. The van der Waals surface area contributed by atoms with E-state index in [1.54, 1.807) is 12.0 Å². The number of carbonyl (C=O) groups is 2. The number of rotatable bonds is 5. The molecular formula is C18H26ClN3O4. The second-order valence-electron chi connectivity index (χ2n) is 6.57. The zero-order valence-electron chi connectivity index (χ0n) is 14.9. The quantitative estimate of drug-likeness (QED) is 0.793. The van der Waals surface area contributed by atoms with Gasteiger partial charge in [-0.3, -0.25) is 9.59 Å². The largest absolute Gasteiger partial charge is 0.495 e. The number of para-hydroxylation sites is 2. The highest BCUT2D eigenvalue weighted by molar-refractivity contribution is 6.02. The summed E-state index contributed by atoms with van der Waals surface area (Å²) in [5.74, 6) is 0.390. The Labute approximate surface area is 159 Å². The molecule has 2 fully saturated rings. The molecule has 1 atom stereocenters. The molecule has 8 heteroatoms. The average Bonchev–Trinajstić information content (AvgIpc) is 3.02. The number of anilines is 1. The fourth-order valence-electron chi connectivity index (χ4n) is 3.50. The SMILES string of the molecule is COc1ccccc1N1CCC(NC(=O)C2(CN)CCOCC2)C1=O.Cl. The molecule has 144 valence electrons. The Morgan fingerprint density at radius 1 is 1.38 bits per heavy atom. The summed E-state index contributed by atoms with van der Waals surface area (Å²) in [6.07, 6.45) is 1.75. The van der Waals surface area contributed by atoms with Gasteiger partial charge in [0.2, 0.25) is 11.8 Å². The molecule has 1 unspecified atom stereocenters. The van der Waals surface area contributed by atoms with Crippen molar-refractivity contribution in [1.82, 2.24) is 5.32 Å². The maximum Gasteiger partial charge on any atom is 0.249 e. The predicted molar refractivity (Wildman–Crippen MR) is 101 cm³/mol. The number of benzene rings is 1. The molecule has 0 aliphatic carbocycles. The first-order valence-corrected chi connectivity index (χ1v) is 8.64. The van der Waals surface area contributed by atoms with Crippen LogP contribution in [-0.2, 0) is 14.3 Å². The Kier molecular flexibility index (Phi) is 6.86. The van der Waals surface area contributed by atoms with Gasteiger partial charge in [-0.05, 0) is 31.4 Å². The summed E-state index contributed by atoms with van der Waals surface area (Å²) in [6, 6.07) is 6.87. The van der Waals surface area contributed by atoms with Crippen LogP contribution < -0.4 is 20.7 Å². The second kappa shape index (κ2) is 8.70. The first-order chi connectivity index (χ1) is 12.1. The third-order valence-corrected chi connectivity index (χ3v) is 5.21. The first-order valence-electron chi connectivity index (χ1n) is 8.64. The minimum Gasteiger partial charge on any atom is -0.495 e. The highest BCUT2D eigenvalue weighted by Gasteiger charge is 2.42. The van der Waals surface area contributed by atoms with Crippen molar-refractivity contribution in [3.05, 3.63) is 24.3 Å². The summed E-state index contributed by atoms with van der Waals surface area (Å²) >= 11 is 0. The van der Waals surface area contributed by atoms with Gasteiger partial charge < -0.3 is 25.4 Å². The molecule has 0 bridgehead atoms. The van der Waals surface area contributed by atoms with Crippen molar-refractivity contribution in [2.24, 2.45) is 11.1 Å². The molecule has 2 heterocycles. The summed E-state index contributed by atoms with van der Waals surface area (Å²) < 4.78 is 10.7. The zero-order chi connectivity index (χ0) is 17.9. The summed E-state index contributed by atoms with van der Waals surface area (Å²) in [5, 5.41) is 2.92. The molecule has 2 aliphatic rings. The summed E-state index contributed by atoms with van der Waals surface area (Å²) in [5.41, 5.74) is 5.98. The minimum absolute atomic E-state index is 0. The highest BCUT2D eigenvalue weighted by Crippen LogP contribution is 2.33. The summed E-state index contributed by atoms with van der Waals surface area (Å²) in [7, 11) is 1.58. The van der Waals surface area contributed by atoms with Gasteiger partial charge in [-0.2, -0.15) is 0 Å². The standard InChI is InChI=1S/C18H25N3O4.ClH/c1-24-15-5-3-2-4-14(15)21-9-6-13(16(21)22)20-17(23)18(12-19)7-10-25-11-8-18;/h2-5,13H,6-12,19H2,1H3,(H,20,23);1H. The number of nitrogens with one attached hydrogen (secondary N) is 1. The van der Waals surface area contributed by atoms with E-state index in [0.717, 1.165) is 5.69 Å². The van der Waals surface area contributed by atoms with Gasteiger partial charge in [0.15, 0.2) is 0 Å². The van der Waals surface area contributed by atoms with E-state index < -0.39 is 11.5 Å². The maximum absolute atomic E-state index is 12.8. The molecule has 0 saturated carbocycles.